The molecule has 10 nitrogen and oxygen atoms in total. The molecule has 0 bridgehead atoms. The van der Waals surface area contributed by atoms with E-state index in [0.717, 1.165) is 24.6 Å². The van der Waals surface area contributed by atoms with Gasteiger partial charge in [-0.3, -0.25) is 4.72 Å². The van der Waals surface area contributed by atoms with Crippen LogP contribution in [-0.4, -0.2) is 61.3 Å². The molecule has 1 N–H and O–H groups in total. The molecular formula is C22H24N6O4S. The number of anilines is 2. The first kappa shape index (κ1) is 22.6. The second-order valence-corrected chi connectivity index (χ2v) is 9.09. The van der Waals surface area contributed by atoms with Crippen LogP contribution < -0.4 is 14.4 Å². The van der Waals surface area contributed by atoms with Gasteiger partial charge in [-0.2, -0.15) is 0 Å². The number of aryl methyl sites for hydroxylation is 2. The number of hydrogen-bond acceptors (Lipinski definition) is 8. The average Bonchev–Trinajstić information content (AvgIpc) is 3.26. The summed E-state index contributed by atoms with van der Waals surface area (Å²) in [6.07, 6.45) is 6.22. The molecule has 1 saturated heterocycles. The maximum atomic E-state index is 12.8. The van der Waals surface area contributed by atoms with Crippen LogP contribution in [0.15, 0.2) is 41.9 Å². The van der Waals surface area contributed by atoms with Crippen molar-refractivity contribution in [3.05, 3.63) is 53.9 Å². The van der Waals surface area contributed by atoms with Gasteiger partial charge in [0, 0.05) is 44.3 Å². The Labute approximate surface area is 192 Å². The lowest BCUT2D eigenvalue weighted by Crippen LogP contribution is -2.37. The SMILES string of the molecule is COc1ncc(C#Cc2c(C)ncnc2N2CCOCC2)cc1NS(=O)(=O)c1ccn(C)c1. The lowest BCUT2D eigenvalue weighted by atomic mass is 10.2. The Morgan fingerprint density at radius 2 is 1.97 bits per heavy atom. The van der Waals surface area contributed by atoms with E-state index in [1.54, 1.807) is 23.9 Å². The van der Waals surface area contributed by atoms with Crippen LogP contribution in [0.5, 0.6) is 5.88 Å². The van der Waals surface area contributed by atoms with Crippen LogP contribution in [0.2, 0.25) is 0 Å². The molecule has 1 fully saturated rings. The number of nitrogens with one attached hydrogen (secondary N) is 1. The van der Waals surface area contributed by atoms with E-state index in [0.29, 0.717) is 24.3 Å². The van der Waals surface area contributed by atoms with Crippen molar-refractivity contribution in [3.8, 4) is 17.7 Å². The average molecular weight is 469 g/mol. The van der Waals surface area contributed by atoms with Crippen molar-refractivity contribution in [2.24, 2.45) is 7.05 Å². The van der Waals surface area contributed by atoms with Crippen LogP contribution in [0.25, 0.3) is 0 Å². The molecule has 0 unspecified atom stereocenters. The van der Waals surface area contributed by atoms with Gasteiger partial charge in [-0.25, -0.2) is 23.4 Å². The van der Waals surface area contributed by atoms with Gasteiger partial charge < -0.3 is 18.9 Å². The molecule has 11 heteroatoms. The zero-order valence-electron chi connectivity index (χ0n) is 18.6. The standard InChI is InChI=1S/C22H24N6O4S/c1-16-19(21(25-15-24-16)28-8-10-32-11-9-28)5-4-17-12-20(22(31-3)23-13-17)26-33(29,30)18-6-7-27(2)14-18/h6-7,12-15,26H,8-11H2,1-3H3. The molecule has 1 aliphatic rings. The van der Waals surface area contributed by atoms with Gasteiger partial charge in [0.15, 0.2) is 0 Å². The fourth-order valence-electron chi connectivity index (χ4n) is 3.35. The smallest absolute Gasteiger partial charge is 0.263 e. The third-order valence-electron chi connectivity index (χ3n) is 5.06. The van der Waals surface area contributed by atoms with Gasteiger partial charge >= 0.3 is 0 Å². The summed E-state index contributed by atoms with van der Waals surface area (Å²) < 4.78 is 40.4. The van der Waals surface area contributed by atoms with Crippen molar-refractivity contribution in [2.45, 2.75) is 11.8 Å². The van der Waals surface area contributed by atoms with Gasteiger partial charge in [0.1, 0.15) is 22.7 Å². The number of rotatable bonds is 5. The summed E-state index contributed by atoms with van der Waals surface area (Å²) in [6.45, 7) is 4.58. The molecule has 3 aromatic heterocycles. The minimum Gasteiger partial charge on any atom is -0.479 e. The number of nitrogens with zero attached hydrogens (tertiary/aromatic N) is 5. The molecule has 1 aliphatic heterocycles. The van der Waals surface area contributed by atoms with Crippen molar-refractivity contribution in [2.75, 3.05) is 43.0 Å². The molecule has 4 heterocycles. The highest BCUT2D eigenvalue weighted by Crippen LogP contribution is 2.26. The van der Waals surface area contributed by atoms with Crippen LogP contribution in [0.4, 0.5) is 11.5 Å². The van der Waals surface area contributed by atoms with E-state index in [1.165, 1.54) is 31.9 Å². The van der Waals surface area contributed by atoms with E-state index in [4.69, 9.17) is 9.47 Å². The minimum atomic E-state index is -3.81. The molecule has 0 aromatic carbocycles. The Hall–Kier alpha value is -3.62. The predicted octanol–water partition coefficient (Wildman–Crippen LogP) is 1.56. The minimum absolute atomic E-state index is 0.135. The first-order valence-electron chi connectivity index (χ1n) is 10.2. The number of pyridine rings is 1. The van der Waals surface area contributed by atoms with Crippen LogP contribution >= 0.6 is 0 Å². The van der Waals surface area contributed by atoms with Gasteiger partial charge in [-0.15, -0.1) is 0 Å². The number of methoxy groups -OCH3 is 1. The molecule has 0 amide bonds. The monoisotopic (exact) mass is 468 g/mol. The van der Waals surface area contributed by atoms with E-state index in [1.807, 2.05) is 6.92 Å². The first-order valence-corrected chi connectivity index (χ1v) is 11.7. The molecule has 33 heavy (non-hydrogen) atoms. The molecule has 4 rings (SSSR count). The Morgan fingerprint density at radius 1 is 1.18 bits per heavy atom. The molecular weight excluding hydrogens is 444 g/mol. The topological polar surface area (TPSA) is 111 Å². The quantitative estimate of drug-likeness (QED) is 0.562. The number of aromatic nitrogens is 4. The van der Waals surface area contributed by atoms with Crippen LogP contribution in [-0.2, 0) is 21.8 Å². The van der Waals surface area contributed by atoms with Crippen molar-refractivity contribution < 1.29 is 17.9 Å². The van der Waals surface area contributed by atoms with Crippen LogP contribution in [0.3, 0.4) is 0 Å². The Bertz CT molecular complexity index is 1320. The van der Waals surface area contributed by atoms with Gasteiger partial charge in [-0.05, 0) is 19.1 Å². The van der Waals surface area contributed by atoms with Gasteiger partial charge in [-0.1, -0.05) is 11.8 Å². The number of sulfonamides is 1. The summed E-state index contributed by atoms with van der Waals surface area (Å²) in [5, 5.41) is 0. The second-order valence-electron chi connectivity index (χ2n) is 7.41. The molecule has 0 radical (unpaired) electrons. The molecule has 172 valence electrons. The van der Waals surface area contributed by atoms with Crippen molar-refractivity contribution in [3.63, 3.8) is 0 Å². The van der Waals surface area contributed by atoms with Gasteiger partial charge in [0.2, 0.25) is 5.88 Å². The Kier molecular flexibility index (Phi) is 6.48. The van der Waals surface area contributed by atoms with Crippen LogP contribution in [0, 0.1) is 18.8 Å². The van der Waals surface area contributed by atoms with Gasteiger partial charge in [0.05, 0.1) is 31.6 Å². The third-order valence-corrected chi connectivity index (χ3v) is 6.41. The third kappa shape index (κ3) is 5.08. The number of hydrogen-bond donors (Lipinski definition) is 1. The normalized spacial score (nSPS) is 13.8. The highest BCUT2D eigenvalue weighted by Gasteiger charge is 2.19. The molecule has 0 atom stereocenters. The Balaban J connectivity index is 1.66. The highest BCUT2D eigenvalue weighted by atomic mass is 32.2. The maximum Gasteiger partial charge on any atom is 0.263 e. The predicted molar refractivity (Wildman–Crippen MR) is 123 cm³/mol. The summed E-state index contributed by atoms with van der Waals surface area (Å²) in [5.41, 5.74) is 2.17. The Morgan fingerprint density at radius 3 is 2.67 bits per heavy atom. The molecule has 0 saturated carbocycles. The zero-order chi connectivity index (χ0) is 23.4. The molecule has 0 aliphatic carbocycles. The van der Waals surface area contributed by atoms with E-state index in [2.05, 4.69) is 36.4 Å². The lowest BCUT2D eigenvalue weighted by Gasteiger charge is -2.28. The number of ether oxygens (including phenoxy) is 2. The van der Waals surface area contributed by atoms with Crippen molar-refractivity contribution in [1.29, 1.82) is 0 Å². The summed E-state index contributed by atoms with van der Waals surface area (Å²) in [6, 6.07) is 3.10. The highest BCUT2D eigenvalue weighted by molar-refractivity contribution is 7.92. The van der Waals surface area contributed by atoms with E-state index in [-0.39, 0.29) is 16.5 Å². The second kappa shape index (κ2) is 9.48. The van der Waals surface area contributed by atoms with Gasteiger partial charge in [0.25, 0.3) is 10.0 Å². The van der Waals surface area contributed by atoms with Crippen molar-refractivity contribution in [1.82, 2.24) is 19.5 Å². The maximum absolute atomic E-state index is 12.8. The summed E-state index contributed by atoms with van der Waals surface area (Å²) in [5.74, 6) is 7.10. The zero-order valence-corrected chi connectivity index (χ0v) is 19.4. The molecule has 0 spiro atoms. The summed E-state index contributed by atoms with van der Waals surface area (Å²) >= 11 is 0. The largest absolute Gasteiger partial charge is 0.479 e. The fraction of sp³-hybridized carbons (Fsp3) is 0.318. The van der Waals surface area contributed by atoms with E-state index >= 15 is 0 Å². The van der Waals surface area contributed by atoms with Crippen LogP contribution in [0.1, 0.15) is 16.8 Å². The number of morpholine rings is 1. The van der Waals surface area contributed by atoms with E-state index in [9.17, 15) is 8.42 Å². The van der Waals surface area contributed by atoms with E-state index < -0.39 is 10.0 Å². The summed E-state index contributed by atoms with van der Waals surface area (Å²) in [4.78, 5) is 15.2. The van der Waals surface area contributed by atoms with Crippen molar-refractivity contribution >= 4 is 21.5 Å². The fourth-order valence-corrected chi connectivity index (χ4v) is 4.45. The lowest BCUT2D eigenvalue weighted by molar-refractivity contribution is 0.122. The molecule has 3 aromatic rings. The first-order chi connectivity index (χ1) is 15.9. The summed E-state index contributed by atoms with van der Waals surface area (Å²) in [7, 11) is -0.643.